The lowest BCUT2D eigenvalue weighted by Gasteiger charge is -2.24. The van der Waals surface area contributed by atoms with Gasteiger partial charge in [-0.25, -0.2) is 22.2 Å². The van der Waals surface area contributed by atoms with Crippen molar-refractivity contribution in [3.05, 3.63) is 79.2 Å². The van der Waals surface area contributed by atoms with Gasteiger partial charge in [-0.1, -0.05) is 12.1 Å². The van der Waals surface area contributed by atoms with Gasteiger partial charge in [0.05, 0.1) is 18.4 Å². The predicted molar refractivity (Wildman–Crippen MR) is 139 cm³/mol. The maximum absolute atomic E-state index is 13.7. The Labute approximate surface area is 219 Å². The van der Waals surface area contributed by atoms with Crippen LogP contribution in [0.15, 0.2) is 47.8 Å². The molecular formula is C22H23F2IN4O4S2. The molecule has 8 nitrogen and oxygen atoms in total. The smallest absolute Gasteiger partial charge is 0.280 e. The van der Waals surface area contributed by atoms with Crippen LogP contribution in [0.25, 0.3) is 0 Å². The fourth-order valence-corrected chi connectivity index (χ4v) is 5.08. The largest absolute Gasteiger partial charge is 0.390 e. The Bertz CT molecular complexity index is 1270. The molecule has 13 heteroatoms. The van der Waals surface area contributed by atoms with E-state index in [0.29, 0.717) is 6.54 Å². The zero-order valence-electron chi connectivity index (χ0n) is 18.5. The first kappa shape index (κ1) is 27.4. The average Bonchev–Trinajstić information content (AvgIpc) is 3.19. The van der Waals surface area contributed by atoms with E-state index in [4.69, 9.17) is 0 Å². The van der Waals surface area contributed by atoms with Gasteiger partial charge in [0.2, 0.25) is 10.0 Å². The summed E-state index contributed by atoms with van der Waals surface area (Å²) in [5, 5.41) is 17.9. The molecule has 3 rings (SSSR count). The minimum Gasteiger partial charge on any atom is -0.390 e. The maximum atomic E-state index is 13.7. The molecule has 0 aliphatic carbocycles. The number of amides is 1. The highest BCUT2D eigenvalue weighted by molar-refractivity contribution is 14.1. The van der Waals surface area contributed by atoms with Crippen LogP contribution < -0.4 is 15.4 Å². The highest BCUT2D eigenvalue weighted by Crippen LogP contribution is 2.17. The van der Waals surface area contributed by atoms with E-state index in [1.807, 2.05) is 24.3 Å². The number of anilines is 1. The van der Waals surface area contributed by atoms with Crippen LogP contribution in [0.4, 0.5) is 14.6 Å². The van der Waals surface area contributed by atoms with E-state index >= 15 is 0 Å². The van der Waals surface area contributed by atoms with Crippen molar-refractivity contribution in [1.82, 2.24) is 15.6 Å². The van der Waals surface area contributed by atoms with Gasteiger partial charge in [0.25, 0.3) is 5.91 Å². The normalized spacial score (nSPS) is 13.3. The molecule has 0 fully saturated rings. The summed E-state index contributed by atoms with van der Waals surface area (Å²) in [4.78, 5) is 16.7. The lowest BCUT2D eigenvalue weighted by atomic mass is 10.0. The summed E-state index contributed by atoms with van der Waals surface area (Å²) in [6.45, 7) is 0.559. The fourth-order valence-electron chi connectivity index (χ4n) is 3.26. The summed E-state index contributed by atoms with van der Waals surface area (Å²) >= 11 is 3.11. The van der Waals surface area contributed by atoms with Crippen LogP contribution in [-0.4, -0.2) is 49.4 Å². The third-order valence-electron chi connectivity index (χ3n) is 4.72. The quantitative estimate of drug-likeness (QED) is 0.241. The van der Waals surface area contributed by atoms with E-state index in [-0.39, 0.29) is 29.4 Å². The number of aliphatic hydroxyl groups excluding tert-OH is 1. The highest BCUT2D eigenvalue weighted by atomic mass is 127. The molecule has 4 N–H and O–H groups in total. The Kier molecular flexibility index (Phi) is 9.52. The molecule has 0 aliphatic rings. The highest BCUT2D eigenvalue weighted by Gasteiger charge is 2.24. The number of halogens is 3. The van der Waals surface area contributed by atoms with Crippen LogP contribution in [-0.2, 0) is 23.0 Å². The molecule has 188 valence electrons. The molecule has 0 saturated heterocycles. The minimum absolute atomic E-state index is 0.00823. The number of nitrogens with one attached hydrogen (secondary N) is 3. The molecule has 1 aromatic heterocycles. The molecule has 1 amide bonds. The lowest BCUT2D eigenvalue weighted by Crippen LogP contribution is -2.48. The molecule has 0 aliphatic heterocycles. The molecule has 0 spiro atoms. The van der Waals surface area contributed by atoms with Crippen LogP contribution in [0, 0.1) is 15.2 Å². The molecular weight excluding hydrogens is 613 g/mol. The van der Waals surface area contributed by atoms with Crippen molar-refractivity contribution in [3.63, 3.8) is 0 Å². The molecule has 35 heavy (non-hydrogen) atoms. The van der Waals surface area contributed by atoms with Gasteiger partial charge in [0, 0.05) is 28.1 Å². The van der Waals surface area contributed by atoms with Gasteiger partial charge in [-0.15, -0.1) is 11.3 Å². The molecule has 2 unspecified atom stereocenters. The molecule has 3 aromatic rings. The van der Waals surface area contributed by atoms with E-state index < -0.39 is 39.7 Å². The third-order valence-corrected chi connectivity index (χ3v) is 6.81. The Hall–Kier alpha value is -2.20. The summed E-state index contributed by atoms with van der Waals surface area (Å²) < 4.78 is 53.4. The molecule has 0 saturated carbocycles. The van der Waals surface area contributed by atoms with Gasteiger partial charge < -0.3 is 15.7 Å². The molecule has 0 bridgehead atoms. The maximum Gasteiger partial charge on any atom is 0.280 e. The van der Waals surface area contributed by atoms with Crippen molar-refractivity contribution in [2.45, 2.75) is 25.1 Å². The van der Waals surface area contributed by atoms with E-state index in [9.17, 15) is 27.1 Å². The second-order valence-corrected chi connectivity index (χ2v) is 11.7. The molecule has 0 radical (unpaired) electrons. The summed E-state index contributed by atoms with van der Waals surface area (Å²) in [5.74, 6) is -2.21. The number of carbonyl (C=O) groups excluding carboxylic acids is 1. The number of sulfonamides is 1. The molecule has 2 atom stereocenters. The first-order valence-corrected chi connectivity index (χ1v) is 14.2. The number of aliphatic hydroxyl groups is 1. The van der Waals surface area contributed by atoms with Crippen LogP contribution in [0.5, 0.6) is 0 Å². The first-order chi connectivity index (χ1) is 16.5. The van der Waals surface area contributed by atoms with E-state index in [0.717, 1.165) is 44.9 Å². The van der Waals surface area contributed by atoms with Crippen LogP contribution in [0.2, 0.25) is 0 Å². The van der Waals surface area contributed by atoms with Crippen molar-refractivity contribution in [3.8, 4) is 0 Å². The van der Waals surface area contributed by atoms with Gasteiger partial charge in [-0.05, 0) is 64.4 Å². The van der Waals surface area contributed by atoms with Crippen molar-refractivity contribution >= 4 is 55.7 Å². The van der Waals surface area contributed by atoms with Crippen molar-refractivity contribution in [1.29, 1.82) is 0 Å². The molecule has 1 heterocycles. The minimum atomic E-state index is -3.57. The van der Waals surface area contributed by atoms with Gasteiger partial charge in [-0.2, -0.15) is 0 Å². The number of nitrogens with zero attached hydrogens (tertiary/aromatic N) is 1. The topological polar surface area (TPSA) is 120 Å². The second-order valence-electron chi connectivity index (χ2n) is 7.80. The Morgan fingerprint density at radius 2 is 1.89 bits per heavy atom. The van der Waals surface area contributed by atoms with Gasteiger partial charge in [-0.3, -0.25) is 9.52 Å². The number of hydrogen-bond donors (Lipinski definition) is 4. The van der Waals surface area contributed by atoms with Crippen molar-refractivity contribution in [2.24, 2.45) is 0 Å². The van der Waals surface area contributed by atoms with Crippen LogP contribution in [0.3, 0.4) is 0 Å². The number of carbonyl (C=O) groups is 1. The zero-order chi connectivity index (χ0) is 25.6. The Morgan fingerprint density at radius 1 is 1.17 bits per heavy atom. The summed E-state index contributed by atoms with van der Waals surface area (Å²) in [6.07, 6.45) is -0.201. The number of hydrogen-bond acceptors (Lipinski definition) is 7. The number of rotatable bonds is 11. The average molecular weight is 636 g/mol. The SMILES string of the molecule is CS(=O)(=O)Nc1csc(C(=O)NC(Cc2cc(F)cc(F)c2)C(O)CNCc2cccc(I)c2)n1. The van der Waals surface area contributed by atoms with Crippen LogP contribution in [0.1, 0.15) is 20.9 Å². The summed E-state index contributed by atoms with van der Waals surface area (Å²) in [6, 6.07) is 9.87. The summed E-state index contributed by atoms with van der Waals surface area (Å²) in [7, 11) is -3.57. The first-order valence-electron chi connectivity index (χ1n) is 10.3. The zero-order valence-corrected chi connectivity index (χ0v) is 22.3. The van der Waals surface area contributed by atoms with Crippen LogP contribution >= 0.6 is 33.9 Å². The fraction of sp³-hybridized carbons (Fsp3) is 0.273. The van der Waals surface area contributed by atoms with Gasteiger partial charge in [0.1, 0.15) is 11.6 Å². The second kappa shape index (κ2) is 12.2. The van der Waals surface area contributed by atoms with Crippen molar-refractivity contribution < 1.29 is 27.1 Å². The van der Waals surface area contributed by atoms with Gasteiger partial charge in [0.15, 0.2) is 10.8 Å². The van der Waals surface area contributed by atoms with Crippen molar-refractivity contribution in [2.75, 3.05) is 17.5 Å². The monoisotopic (exact) mass is 636 g/mol. The molecule has 2 aromatic carbocycles. The van der Waals surface area contributed by atoms with Gasteiger partial charge >= 0.3 is 0 Å². The third kappa shape index (κ3) is 9.07. The number of aromatic nitrogens is 1. The van der Waals surface area contributed by atoms with E-state index in [1.165, 1.54) is 5.38 Å². The standard InChI is InChI=1S/C22H23F2IN4O4S2/c1-35(32,33)29-20-12-34-22(28-20)21(31)27-18(8-14-5-15(23)9-16(24)6-14)19(30)11-26-10-13-3-2-4-17(25)7-13/h2-7,9,12,18-19,26,29-30H,8,10-11H2,1H3,(H,27,31). The summed E-state index contributed by atoms with van der Waals surface area (Å²) in [5.41, 5.74) is 1.26. The van der Waals surface area contributed by atoms with E-state index in [2.05, 4.69) is 42.9 Å². The van der Waals surface area contributed by atoms with E-state index in [1.54, 1.807) is 0 Å². The Morgan fingerprint density at radius 3 is 2.54 bits per heavy atom. The Balaban J connectivity index is 1.71. The number of benzene rings is 2. The number of thiazole rings is 1. The lowest BCUT2D eigenvalue weighted by molar-refractivity contribution is 0.0829. The predicted octanol–water partition coefficient (Wildman–Crippen LogP) is 2.89.